The third-order valence-electron chi connectivity index (χ3n) is 0.547. The second kappa shape index (κ2) is 9.77. The summed E-state index contributed by atoms with van der Waals surface area (Å²) in [5, 5.41) is 8.20. The summed E-state index contributed by atoms with van der Waals surface area (Å²) in [6.45, 7) is 3.02. The van der Waals surface area contributed by atoms with E-state index in [0.29, 0.717) is 0 Å². The highest BCUT2D eigenvalue weighted by Gasteiger charge is 1.80. The molecule has 0 saturated heterocycles. The third kappa shape index (κ3) is 17.6. The molecule has 0 aliphatic rings. The van der Waals surface area contributed by atoms with Crippen molar-refractivity contribution in [3.05, 3.63) is 0 Å². The molecule has 0 atom stereocenters. The maximum absolute atomic E-state index is 8.20. The lowest BCUT2D eigenvalue weighted by molar-refractivity contribution is -0.0979. The van der Waals surface area contributed by atoms with E-state index in [0.717, 1.165) is 6.54 Å². The first-order valence-electron chi connectivity index (χ1n) is 2.32. The highest BCUT2D eigenvalue weighted by Crippen LogP contribution is 1.66. The normalized spacial score (nSPS) is 8.00. The quantitative estimate of drug-likeness (QED) is 0.525. The van der Waals surface area contributed by atoms with Crippen molar-refractivity contribution in [2.24, 2.45) is 0 Å². The fourth-order valence-corrected chi connectivity index (χ4v) is 0.200. The minimum atomic E-state index is 0.257. The van der Waals surface area contributed by atoms with Gasteiger partial charge >= 0.3 is 0 Å². The molecule has 3 heteroatoms. The molecule has 0 aromatic rings. The second-order valence-corrected chi connectivity index (χ2v) is 1.53. The molecule has 8 heavy (non-hydrogen) atoms. The lowest BCUT2D eigenvalue weighted by Crippen LogP contribution is -2.15. The van der Waals surface area contributed by atoms with E-state index in [2.05, 4.69) is 0 Å². The maximum atomic E-state index is 8.20. The highest BCUT2D eigenvalue weighted by molar-refractivity contribution is 5.10. The number of carbonyl (C=O) groups is 1. The SMILES string of the molecule is C=O.CN(C)CCO. The minimum Gasteiger partial charge on any atom is -0.395 e. The van der Waals surface area contributed by atoms with Gasteiger partial charge in [0, 0.05) is 6.54 Å². The minimum absolute atomic E-state index is 0.257. The van der Waals surface area contributed by atoms with Crippen molar-refractivity contribution in [1.29, 1.82) is 0 Å². The van der Waals surface area contributed by atoms with Crippen LogP contribution in [0.1, 0.15) is 0 Å². The molecule has 0 saturated carbocycles. The molecule has 0 heterocycles. The molecule has 0 amide bonds. The highest BCUT2D eigenvalue weighted by atomic mass is 16.3. The van der Waals surface area contributed by atoms with Crippen LogP contribution in [0.5, 0.6) is 0 Å². The van der Waals surface area contributed by atoms with E-state index in [9.17, 15) is 0 Å². The number of rotatable bonds is 2. The number of aliphatic hydroxyl groups is 1. The van der Waals surface area contributed by atoms with Crippen LogP contribution >= 0.6 is 0 Å². The van der Waals surface area contributed by atoms with E-state index in [1.54, 1.807) is 0 Å². The molecular weight excluding hydrogens is 106 g/mol. The molecule has 0 fully saturated rings. The number of carbonyl (C=O) groups excluding carboxylic acids is 1. The monoisotopic (exact) mass is 119 g/mol. The largest absolute Gasteiger partial charge is 0.395 e. The van der Waals surface area contributed by atoms with Crippen molar-refractivity contribution < 1.29 is 9.90 Å². The summed E-state index contributed by atoms with van der Waals surface area (Å²) in [5.74, 6) is 0. The van der Waals surface area contributed by atoms with Crippen molar-refractivity contribution >= 4 is 6.79 Å². The van der Waals surface area contributed by atoms with Crippen molar-refractivity contribution in [1.82, 2.24) is 4.90 Å². The molecule has 0 bridgehead atoms. The third-order valence-corrected chi connectivity index (χ3v) is 0.547. The van der Waals surface area contributed by atoms with E-state index in [-0.39, 0.29) is 6.61 Å². The van der Waals surface area contributed by atoms with E-state index in [4.69, 9.17) is 9.90 Å². The van der Waals surface area contributed by atoms with Gasteiger partial charge in [-0.15, -0.1) is 0 Å². The van der Waals surface area contributed by atoms with Gasteiger partial charge in [0.15, 0.2) is 0 Å². The second-order valence-electron chi connectivity index (χ2n) is 1.53. The van der Waals surface area contributed by atoms with Crippen LogP contribution < -0.4 is 0 Å². The first kappa shape index (κ1) is 10.5. The first-order chi connectivity index (χ1) is 3.77. The van der Waals surface area contributed by atoms with Gasteiger partial charge in [-0.25, -0.2) is 0 Å². The Morgan fingerprint density at radius 1 is 1.50 bits per heavy atom. The number of nitrogens with zero attached hydrogens (tertiary/aromatic N) is 1. The van der Waals surface area contributed by atoms with Crippen LogP contribution in [0, 0.1) is 0 Å². The van der Waals surface area contributed by atoms with Gasteiger partial charge < -0.3 is 14.8 Å². The van der Waals surface area contributed by atoms with Gasteiger partial charge in [0.25, 0.3) is 0 Å². The Kier molecular flexibility index (Phi) is 12.9. The summed E-state index contributed by atoms with van der Waals surface area (Å²) in [7, 11) is 3.85. The Labute approximate surface area is 49.9 Å². The summed E-state index contributed by atoms with van der Waals surface area (Å²) in [5.41, 5.74) is 0. The molecule has 1 N–H and O–H groups in total. The van der Waals surface area contributed by atoms with Crippen LogP contribution in [-0.4, -0.2) is 44.0 Å². The first-order valence-corrected chi connectivity index (χ1v) is 2.32. The summed E-state index contributed by atoms with van der Waals surface area (Å²) in [6, 6.07) is 0. The van der Waals surface area contributed by atoms with Gasteiger partial charge in [0.2, 0.25) is 0 Å². The summed E-state index contributed by atoms with van der Waals surface area (Å²) in [4.78, 5) is 9.93. The van der Waals surface area contributed by atoms with Crippen LogP contribution in [0.15, 0.2) is 0 Å². The summed E-state index contributed by atoms with van der Waals surface area (Å²) >= 11 is 0. The Morgan fingerprint density at radius 3 is 1.88 bits per heavy atom. The molecule has 0 aliphatic carbocycles. The van der Waals surface area contributed by atoms with E-state index < -0.39 is 0 Å². The number of aliphatic hydroxyl groups excluding tert-OH is 1. The zero-order valence-electron chi connectivity index (χ0n) is 5.42. The van der Waals surface area contributed by atoms with Crippen molar-refractivity contribution in [3.63, 3.8) is 0 Å². The number of hydrogen-bond acceptors (Lipinski definition) is 3. The zero-order chi connectivity index (χ0) is 6.99. The Bertz CT molecular complexity index is 39.4. The molecule has 0 aliphatic heterocycles. The van der Waals surface area contributed by atoms with E-state index in [1.807, 2.05) is 25.8 Å². The Balaban J connectivity index is 0. The van der Waals surface area contributed by atoms with Gasteiger partial charge in [0.05, 0.1) is 6.61 Å². The molecule has 0 aromatic carbocycles. The standard InChI is InChI=1S/C4H11NO.CH2O/c1-5(2)3-4-6;1-2/h6H,3-4H2,1-2H3;1H2. The van der Waals surface area contributed by atoms with E-state index in [1.165, 1.54) is 0 Å². The number of hydrogen-bond donors (Lipinski definition) is 1. The van der Waals surface area contributed by atoms with Gasteiger partial charge in [-0.1, -0.05) is 0 Å². The molecule has 0 aromatic heterocycles. The van der Waals surface area contributed by atoms with Crippen molar-refractivity contribution in [2.75, 3.05) is 27.2 Å². The molecule has 0 unspecified atom stereocenters. The van der Waals surface area contributed by atoms with E-state index >= 15 is 0 Å². The van der Waals surface area contributed by atoms with Gasteiger partial charge in [0.1, 0.15) is 6.79 Å². The topological polar surface area (TPSA) is 40.5 Å². The predicted octanol–water partition coefficient (Wildman–Crippen LogP) is -0.645. The summed E-state index contributed by atoms with van der Waals surface area (Å²) < 4.78 is 0. The maximum Gasteiger partial charge on any atom is 0.106 e. The fourth-order valence-electron chi connectivity index (χ4n) is 0.200. The van der Waals surface area contributed by atoms with Gasteiger partial charge in [-0.2, -0.15) is 0 Å². The molecule has 0 radical (unpaired) electrons. The van der Waals surface area contributed by atoms with Crippen molar-refractivity contribution in [3.8, 4) is 0 Å². The van der Waals surface area contributed by atoms with Crippen LogP contribution in [0.2, 0.25) is 0 Å². The Hall–Kier alpha value is -0.410. The molecular formula is C5H13NO2. The summed E-state index contributed by atoms with van der Waals surface area (Å²) in [6.07, 6.45) is 0. The lowest BCUT2D eigenvalue weighted by Gasteiger charge is -2.03. The van der Waals surface area contributed by atoms with Gasteiger partial charge in [-0.05, 0) is 14.1 Å². The average Bonchev–Trinajstić information content (AvgIpc) is 1.72. The van der Waals surface area contributed by atoms with Crippen LogP contribution in [0.3, 0.4) is 0 Å². The average molecular weight is 119 g/mol. The van der Waals surface area contributed by atoms with Crippen LogP contribution in [0.25, 0.3) is 0 Å². The van der Waals surface area contributed by atoms with Gasteiger partial charge in [-0.3, -0.25) is 0 Å². The number of likely N-dealkylation sites (N-methyl/N-ethyl adjacent to an activating group) is 1. The molecule has 50 valence electrons. The molecule has 0 spiro atoms. The molecule has 0 rings (SSSR count). The fraction of sp³-hybridized carbons (Fsp3) is 0.800. The lowest BCUT2D eigenvalue weighted by atomic mass is 10.6. The predicted molar refractivity (Wildman–Crippen MR) is 32.8 cm³/mol. The van der Waals surface area contributed by atoms with Crippen LogP contribution in [0.4, 0.5) is 0 Å². The Morgan fingerprint density at radius 2 is 1.88 bits per heavy atom. The van der Waals surface area contributed by atoms with Crippen molar-refractivity contribution in [2.45, 2.75) is 0 Å². The zero-order valence-corrected chi connectivity index (χ0v) is 5.42. The molecule has 3 nitrogen and oxygen atoms in total. The van der Waals surface area contributed by atoms with Crippen LogP contribution in [-0.2, 0) is 4.79 Å². The smallest absolute Gasteiger partial charge is 0.106 e.